The average molecular weight is 375 g/mol. The number of ether oxygens (including phenoxy) is 2. The molecular formula is C19H19F2N3O3. The molecule has 4 rings (SSSR count). The number of benzene rings is 1. The van der Waals surface area contributed by atoms with Crippen molar-refractivity contribution < 1.29 is 23.0 Å². The van der Waals surface area contributed by atoms with E-state index in [1.807, 2.05) is 6.07 Å². The van der Waals surface area contributed by atoms with Gasteiger partial charge in [0, 0.05) is 43.9 Å². The molecule has 2 aliphatic heterocycles. The summed E-state index contributed by atoms with van der Waals surface area (Å²) in [6, 6.07) is 6.46. The number of hydrogen-bond donors (Lipinski definition) is 1. The highest BCUT2D eigenvalue weighted by atomic mass is 19.1. The molecule has 3 heterocycles. The van der Waals surface area contributed by atoms with Crippen molar-refractivity contribution in [3.8, 4) is 0 Å². The van der Waals surface area contributed by atoms with E-state index in [1.165, 1.54) is 12.3 Å². The maximum Gasteiger partial charge on any atom is 0.274 e. The highest BCUT2D eigenvalue weighted by Gasteiger charge is 2.39. The summed E-state index contributed by atoms with van der Waals surface area (Å²) in [5.41, 5.74) is 0.913. The largest absolute Gasteiger partial charge is 0.371 e. The van der Waals surface area contributed by atoms with Crippen molar-refractivity contribution in [1.29, 1.82) is 0 Å². The second kappa shape index (κ2) is 7.21. The van der Waals surface area contributed by atoms with Crippen LogP contribution in [0.3, 0.4) is 0 Å². The zero-order chi connectivity index (χ0) is 18.9. The lowest BCUT2D eigenvalue weighted by atomic mass is 10.0. The van der Waals surface area contributed by atoms with Crippen LogP contribution in [-0.2, 0) is 9.47 Å². The first kappa shape index (κ1) is 17.8. The van der Waals surface area contributed by atoms with Crippen LogP contribution in [0.2, 0.25) is 0 Å². The third kappa shape index (κ3) is 3.77. The molecule has 0 atom stereocenters. The molecule has 1 amide bonds. The monoisotopic (exact) mass is 375 g/mol. The fourth-order valence-electron chi connectivity index (χ4n) is 3.41. The van der Waals surface area contributed by atoms with Gasteiger partial charge in [-0.3, -0.25) is 9.78 Å². The first-order valence-corrected chi connectivity index (χ1v) is 8.80. The van der Waals surface area contributed by atoms with Crippen molar-refractivity contribution in [3.05, 3.63) is 53.9 Å². The van der Waals surface area contributed by atoms with Crippen LogP contribution >= 0.6 is 0 Å². The Hall–Kier alpha value is -2.58. The van der Waals surface area contributed by atoms with Crippen molar-refractivity contribution in [2.75, 3.05) is 36.5 Å². The zero-order valence-electron chi connectivity index (χ0n) is 14.6. The van der Waals surface area contributed by atoms with E-state index in [1.54, 1.807) is 6.07 Å². The van der Waals surface area contributed by atoms with Crippen molar-refractivity contribution in [3.63, 3.8) is 0 Å². The molecule has 8 heteroatoms. The summed E-state index contributed by atoms with van der Waals surface area (Å²) in [5, 5.41) is 2.42. The van der Waals surface area contributed by atoms with E-state index >= 15 is 0 Å². The Morgan fingerprint density at radius 1 is 1.11 bits per heavy atom. The Balaban J connectivity index is 1.45. The Bertz CT molecular complexity index is 846. The molecule has 0 bridgehead atoms. The summed E-state index contributed by atoms with van der Waals surface area (Å²) in [5.74, 6) is -2.57. The standard InChI is InChI=1S/C19H19F2N3O3/c20-13-1-2-16(15(21)11-13)23-18(25)17-12-14(3-6-22-17)24-7-4-19(5-8-24)26-9-10-27-19/h1-3,6,11-12H,4-5,7-10H2,(H,23,25). The molecule has 2 aromatic rings. The fourth-order valence-corrected chi connectivity index (χ4v) is 3.41. The number of piperidine rings is 1. The SMILES string of the molecule is O=C(Nc1ccc(F)cc1F)c1cc(N2CCC3(CC2)OCCO3)ccn1. The number of pyridine rings is 1. The van der Waals surface area contributed by atoms with E-state index in [0.29, 0.717) is 13.2 Å². The molecular weight excluding hydrogens is 356 g/mol. The topological polar surface area (TPSA) is 63.7 Å². The second-order valence-corrected chi connectivity index (χ2v) is 6.57. The second-order valence-electron chi connectivity index (χ2n) is 6.57. The number of rotatable bonds is 3. The quantitative estimate of drug-likeness (QED) is 0.894. The molecule has 0 radical (unpaired) electrons. The number of hydrogen-bond acceptors (Lipinski definition) is 5. The molecule has 0 aliphatic carbocycles. The maximum atomic E-state index is 13.7. The molecule has 0 unspecified atom stereocenters. The van der Waals surface area contributed by atoms with E-state index in [9.17, 15) is 13.6 Å². The lowest BCUT2D eigenvalue weighted by molar-refractivity contribution is -0.169. The van der Waals surface area contributed by atoms with E-state index in [0.717, 1.165) is 43.8 Å². The van der Waals surface area contributed by atoms with Crippen molar-refractivity contribution in [1.82, 2.24) is 4.98 Å². The summed E-state index contributed by atoms with van der Waals surface area (Å²) in [7, 11) is 0. The summed E-state index contributed by atoms with van der Waals surface area (Å²) in [6.45, 7) is 2.72. The van der Waals surface area contributed by atoms with Gasteiger partial charge in [-0.05, 0) is 24.3 Å². The van der Waals surface area contributed by atoms with Crippen molar-refractivity contribution >= 4 is 17.3 Å². The molecule has 1 spiro atoms. The molecule has 27 heavy (non-hydrogen) atoms. The first-order chi connectivity index (χ1) is 13.0. The van der Waals surface area contributed by atoms with Crippen LogP contribution in [0.4, 0.5) is 20.2 Å². The third-order valence-corrected chi connectivity index (χ3v) is 4.86. The number of aromatic nitrogens is 1. The number of nitrogens with one attached hydrogen (secondary N) is 1. The van der Waals surface area contributed by atoms with Crippen LogP contribution < -0.4 is 10.2 Å². The lowest BCUT2D eigenvalue weighted by Crippen LogP contribution is -2.45. The molecule has 6 nitrogen and oxygen atoms in total. The van der Waals surface area contributed by atoms with Crippen LogP contribution in [0, 0.1) is 11.6 Å². The van der Waals surface area contributed by atoms with Crippen LogP contribution in [0.1, 0.15) is 23.3 Å². The predicted octanol–water partition coefficient (Wildman–Crippen LogP) is 2.96. The molecule has 142 valence electrons. The maximum absolute atomic E-state index is 13.7. The van der Waals surface area contributed by atoms with Crippen molar-refractivity contribution in [2.45, 2.75) is 18.6 Å². The Morgan fingerprint density at radius 2 is 1.85 bits per heavy atom. The number of halogens is 2. The van der Waals surface area contributed by atoms with Crippen LogP contribution in [0.15, 0.2) is 36.5 Å². The predicted molar refractivity (Wildman–Crippen MR) is 94.6 cm³/mol. The Kier molecular flexibility index (Phi) is 4.75. The van der Waals surface area contributed by atoms with Crippen molar-refractivity contribution in [2.24, 2.45) is 0 Å². The summed E-state index contributed by atoms with van der Waals surface area (Å²) < 4.78 is 38.2. The minimum atomic E-state index is -0.836. The number of anilines is 2. The van der Waals surface area contributed by atoms with Crippen LogP contribution in [-0.4, -0.2) is 43.0 Å². The van der Waals surface area contributed by atoms with Gasteiger partial charge in [0.25, 0.3) is 5.91 Å². The van der Waals surface area contributed by atoms with E-state index in [2.05, 4.69) is 15.2 Å². The van der Waals surface area contributed by atoms with Gasteiger partial charge >= 0.3 is 0 Å². The van der Waals surface area contributed by atoms with Crippen LogP contribution in [0.5, 0.6) is 0 Å². The summed E-state index contributed by atoms with van der Waals surface area (Å²) in [4.78, 5) is 18.6. The first-order valence-electron chi connectivity index (χ1n) is 8.80. The number of carbonyl (C=O) groups is 1. The van der Waals surface area contributed by atoms with Gasteiger partial charge in [0.05, 0.1) is 18.9 Å². The minimum Gasteiger partial charge on any atom is -0.371 e. The van der Waals surface area contributed by atoms with Crippen LogP contribution in [0.25, 0.3) is 0 Å². The fraction of sp³-hybridized carbons (Fsp3) is 0.368. The molecule has 2 aliphatic rings. The van der Waals surface area contributed by atoms with Gasteiger partial charge in [0.1, 0.15) is 17.3 Å². The molecule has 1 aromatic heterocycles. The summed E-state index contributed by atoms with van der Waals surface area (Å²) in [6.07, 6.45) is 3.04. The average Bonchev–Trinajstić information content (AvgIpc) is 3.12. The Morgan fingerprint density at radius 3 is 2.56 bits per heavy atom. The number of nitrogens with zero attached hydrogens (tertiary/aromatic N) is 2. The van der Waals surface area contributed by atoms with Gasteiger partial charge in [0.15, 0.2) is 5.79 Å². The Labute approximate surface area is 155 Å². The highest BCUT2D eigenvalue weighted by molar-refractivity contribution is 6.03. The van der Waals surface area contributed by atoms with E-state index in [-0.39, 0.29) is 11.4 Å². The van der Waals surface area contributed by atoms with E-state index < -0.39 is 23.3 Å². The van der Waals surface area contributed by atoms with Gasteiger partial charge in [-0.25, -0.2) is 8.78 Å². The molecule has 2 fully saturated rings. The molecule has 2 saturated heterocycles. The van der Waals surface area contributed by atoms with Gasteiger partial charge < -0.3 is 19.7 Å². The smallest absolute Gasteiger partial charge is 0.274 e. The highest BCUT2D eigenvalue weighted by Crippen LogP contribution is 2.33. The van der Waals surface area contributed by atoms with Gasteiger partial charge in [-0.1, -0.05) is 0 Å². The van der Waals surface area contributed by atoms with Gasteiger partial charge in [-0.15, -0.1) is 0 Å². The molecule has 1 aromatic carbocycles. The summed E-state index contributed by atoms with van der Waals surface area (Å²) >= 11 is 0. The van der Waals surface area contributed by atoms with Gasteiger partial charge in [-0.2, -0.15) is 0 Å². The lowest BCUT2D eigenvalue weighted by Gasteiger charge is -2.38. The van der Waals surface area contributed by atoms with Gasteiger partial charge in [0.2, 0.25) is 0 Å². The molecule has 1 N–H and O–H groups in total. The number of carbonyl (C=O) groups excluding carboxylic acids is 1. The van der Waals surface area contributed by atoms with E-state index in [4.69, 9.17) is 9.47 Å². The normalized spacial score (nSPS) is 18.7. The minimum absolute atomic E-state index is 0.0935. The third-order valence-electron chi connectivity index (χ3n) is 4.86. The molecule has 0 saturated carbocycles. The zero-order valence-corrected chi connectivity index (χ0v) is 14.6. The number of amides is 1.